The van der Waals surface area contributed by atoms with Gasteiger partial charge >= 0.3 is 18.3 Å². The molecule has 0 saturated heterocycles. The Balaban J connectivity index is 5.52. The zero-order chi connectivity index (χ0) is 14.3. The van der Waals surface area contributed by atoms with Crippen LogP contribution < -0.4 is 0 Å². The van der Waals surface area contributed by atoms with Crippen LogP contribution in [0, 0.1) is 0 Å². The van der Waals surface area contributed by atoms with E-state index in [1.165, 1.54) is 0 Å². The van der Waals surface area contributed by atoms with Crippen LogP contribution in [0.2, 0.25) is 0 Å². The van der Waals surface area contributed by atoms with Crippen molar-refractivity contribution < 1.29 is 48.1 Å². The van der Waals surface area contributed by atoms with Gasteiger partial charge in [-0.2, -0.15) is 35.1 Å². The van der Waals surface area contributed by atoms with E-state index in [9.17, 15) is 48.1 Å². The molecule has 1 unspecified atom stereocenters. The van der Waals surface area contributed by atoms with Gasteiger partial charge in [-0.3, -0.25) is 0 Å². The van der Waals surface area contributed by atoms with E-state index in [2.05, 4.69) is 0 Å². The highest BCUT2D eigenvalue weighted by Gasteiger charge is 2.66. The van der Waals surface area contributed by atoms with E-state index in [4.69, 9.17) is 0 Å². The molecular weight excluding hydrogens is 292 g/mol. The fourth-order valence-corrected chi connectivity index (χ4v) is 1.69. The van der Waals surface area contributed by atoms with Crippen LogP contribution in [0.3, 0.4) is 0 Å². The molecule has 0 aliphatic heterocycles. The third kappa shape index (κ3) is 4.26. The molecule has 0 N–H and O–H groups in total. The zero-order valence-electron chi connectivity index (χ0n) is 7.44. The van der Waals surface area contributed by atoms with Crippen LogP contribution in [0.4, 0.5) is 35.1 Å². The molecule has 0 rings (SSSR count). The first-order chi connectivity index (χ1) is 7.09. The number of rotatable bonds is 3. The van der Waals surface area contributed by atoms with Gasteiger partial charge in [-0.15, -0.1) is 0 Å². The maximum Gasteiger partial charge on any atom is 0.454 e. The van der Waals surface area contributed by atoms with E-state index >= 15 is 0 Å². The lowest BCUT2D eigenvalue weighted by molar-refractivity contribution is -0.288. The Morgan fingerprint density at radius 1 is 0.941 bits per heavy atom. The van der Waals surface area contributed by atoms with Gasteiger partial charge in [-0.25, -0.2) is 8.42 Å². The Morgan fingerprint density at radius 2 is 1.29 bits per heavy atom. The number of alkyl halides is 8. The molecule has 0 aliphatic rings. The van der Waals surface area contributed by atoms with Gasteiger partial charge in [0.2, 0.25) is 0 Å². The molecular formula is C5H3F8O3S-. The van der Waals surface area contributed by atoms with Crippen LogP contribution in [0.25, 0.3) is 0 Å². The van der Waals surface area contributed by atoms with Gasteiger partial charge in [0.15, 0.2) is 0 Å². The molecule has 0 spiro atoms. The zero-order valence-corrected chi connectivity index (χ0v) is 8.26. The van der Waals surface area contributed by atoms with Crippen LogP contribution in [-0.2, 0) is 10.1 Å². The summed E-state index contributed by atoms with van der Waals surface area (Å²) in [6.45, 7) is 0. The standard InChI is InChI=1S/C5H4F8O3S/c6-3(7,8)1-2(17(14,15)16)4(9,10)5(11,12)13/h2H,1H2,(H,14,15,16)/p-1. The molecule has 0 heterocycles. The maximum atomic E-state index is 12.4. The van der Waals surface area contributed by atoms with Gasteiger partial charge in [0.1, 0.15) is 15.4 Å². The van der Waals surface area contributed by atoms with Crippen molar-refractivity contribution in [3.05, 3.63) is 0 Å². The first-order valence-electron chi connectivity index (χ1n) is 3.55. The fourth-order valence-electron chi connectivity index (χ4n) is 0.804. The summed E-state index contributed by atoms with van der Waals surface area (Å²) in [7, 11) is -6.48. The highest BCUT2D eigenvalue weighted by Crippen LogP contribution is 2.44. The first-order valence-corrected chi connectivity index (χ1v) is 5.02. The van der Waals surface area contributed by atoms with E-state index in [0.29, 0.717) is 0 Å². The molecule has 3 nitrogen and oxygen atoms in total. The van der Waals surface area contributed by atoms with Crippen molar-refractivity contribution in [1.29, 1.82) is 0 Å². The summed E-state index contributed by atoms with van der Waals surface area (Å²) in [5, 5.41) is -4.44. The normalized spacial score (nSPS) is 17.0. The lowest BCUT2D eigenvalue weighted by atomic mass is 10.1. The average Bonchev–Trinajstić information content (AvgIpc) is 1.93. The van der Waals surface area contributed by atoms with Crippen molar-refractivity contribution in [2.24, 2.45) is 0 Å². The molecule has 0 bridgehead atoms. The van der Waals surface area contributed by atoms with E-state index < -0.39 is 40.1 Å². The minimum atomic E-state index is -6.57. The highest BCUT2D eigenvalue weighted by atomic mass is 32.2. The van der Waals surface area contributed by atoms with Crippen molar-refractivity contribution in [2.75, 3.05) is 0 Å². The lowest BCUT2D eigenvalue weighted by Gasteiger charge is -2.30. The first kappa shape index (κ1) is 16.4. The van der Waals surface area contributed by atoms with Gasteiger partial charge in [-0.05, 0) is 0 Å². The van der Waals surface area contributed by atoms with Crippen molar-refractivity contribution in [2.45, 2.75) is 29.9 Å². The molecule has 1 atom stereocenters. The molecule has 0 saturated carbocycles. The van der Waals surface area contributed by atoms with E-state index in [0.717, 1.165) is 0 Å². The third-order valence-corrected chi connectivity index (χ3v) is 2.71. The molecule has 0 aromatic rings. The molecule has 17 heavy (non-hydrogen) atoms. The summed E-state index contributed by atoms with van der Waals surface area (Å²) >= 11 is 0. The smallest absolute Gasteiger partial charge is 0.454 e. The van der Waals surface area contributed by atoms with Crippen LogP contribution in [0.1, 0.15) is 6.42 Å². The molecule has 104 valence electrons. The fraction of sp³-hybridized carbons (Fsp3) is 1.00. The number of hydrogen-bond acceptors (Lipinski definition) is 3. The Bertz CT molecular complexity index is 366. The van der Waals surface area contributed by atoms with Gasteiger partial charge in [0.05, 0.1) is 6.42 Å². The minimum Gasteiger partial charge on any atom is -0.748 e. The maximum absolute atomic E-state index is 12.4. The molecule has 0 aromatic carbocycles. The van der Waals surface area contributed by atoms with Crippen molar-refractivity contribution in [3.8, 4) is 0 Å². The predicted molar refractivity (Wildman–Crippen MR) is 35.2 cm³/mol. The van der Waals surface area contributed by atoms with Crippen LogP contribution >= 0.6 is 0 Å². The summed E-state index contributed by atoms with van der Waals surface area (Å²) in [5.74, 6) is -6.27. The quantitative estimate of drug-likeness (QED) is 0.591. The van der Waals surface area contributed by atoms with Gasteiger partial charge < -0.3 is 4.55 Å². The van der Waals surface area contributed by atoms with Gasteiger partial charge in [0.25, 0.3) is 0 Å². The Kier molecular flexibility index (Phi) is 4.06. The third-order valence-electron chi connectivity index (χ3n) is 1.55. The van der Waals surface area contributed by atoms with E-state index in [1.54, 1.807) is 0 Å². The Hall–Kier alpha value is -0.650. The molecule has 0 aromatic heterocycles. The molecule has 12 heteroatoms. The summed E-state index contributed by atoms with van der Waals surface area (Å²) in [6.07, 6.45) is -15.3. The second kappa shape index (κ2) is 4.23. The SMILES string of the molecule is O=S(=O)([O-])C(CC(F)(F)F)C(F)(F)C(F)(F)F. The predicted octanol–water partition coefficient (Wildman–Crippen LogP) is 2.05. The van der Waals surface area contributed by atoms with Crippen molar-refractivity contribution in [1.82, 2.24) is 0 Å². The summed E-state index contributed by atoms with van der Waals surface area (Å²) in [6, 6.07) is 0. The van der Waals surface area contributed by atoms with E-state index in [1.807, 2.05) is 0 Å². The number of halogens is 8. The molecule has 0 radical (unpaired) electrons. The lowest BCUT2D eigenvalue weighted by Crippen LogP contribution is -2.52. The second-order valence-electron chi connectivity index (χ2n) is 2.92. The monoisotopic (exact) mass is 295 g/mol. The Labute approximate surface area is 89.2 Å². The molecule has 0 fully saturated rings. The van der Waals surface area contributed by atoms with Gasteiger partial charge in [-0.1, -0.05) is 0 Å². The molecule has 0 amide bonds. The van der Waals surface area contributed by atoms with Crippen LogP contribution in [-0.4, -0.2) is 36.5 Å². The van der Waals surface area contributed by atoms with Crippen molar-refractivity contribution >= 4 is 10.1 Å². The minimum absolute atomic E-state index is 3.08. The van der Waals surface area contributed by atoms with Crippen LogP contribution in [0.5, 0.6) is 0 Å². The Morgan fingerprint density at radius 3 is 1.47 bits per heavy atom. The summed E-state index contributed by atoms with van der Waals surface area (Å²) < 4.78 is 125. The second-order valence-corrected chi connectivity index (χ2v) is 4.48. The van der Waals surface area contributed by atoms with E-state index in [-0.39, 0.29) is 0 Å². The molecule has 0 aliphatic carbocycles. The van der Waals surface area contributed by atoms with Crippen molar-refractivity contribution in [3.63, 3.8) is 0 Å². The largest absolute Gasteiger partial charge is 0.748 e. The summed E-state index contributed by atoms with van der Waals surface area (Å²) in [4.78, 5) is 0. The van der Waals surface area contributed by atoms with Crippen LogP contribution in [0.15, 0.2) is 0 Å². The number of hydrogen-bond donors (Lipinski definition) is 0. The topological polar surface area (TPSA) is 57.2 Å². The summed E-state index contributed by atoms with van der Waals surface area (Å²) in [5.41, 5.74) is 0. The average molecular weight is 295 g/mol. The highest BCUT2D eigenvalue weighted by molar-refractivity contribution is 7.86. The van der Waals surface area contributed by atoms with Gasteiger partial charge in [0, 0.05) is 0 Å².